The minimum absolute atomic E-state index is 0.333. The minimum Gasteiger partial charge on any atom is -0.431 e. The summed E-state index contributed by atoms with van der Waals surface area (Å²) in [7, 11) is 0. The molecule has 1 saturated carbocycles. The van der Waals surface area contributed by atoms with E-state index >= 15 is 0 Å². The van der Waals surface area contributed by atoms with Gasteiger partial charge in [-0.3, -0.25) is 4.68 Å². The standard InChI is InChI=1S/C18H22N2O4/c1-13(2)23-17(22)24-16(21)18(10-6-3-7-11-18)20-12-14-8-4-5-9-15(14)19-20/h4-5,8-9,12-13H,3,6-7,10-11H2,1-2H3. The third-order valence-electron chi connectivity index (χ3n) is 4.42. The second-order valence-electron chi connectivity index (χ2n) is 6.53. The number of rotatable bonds is 3. The quantitative estimate of drug-likeness (QED) is 0.632. The number of carbonyl (C=O) groups is 2. The molecule has 2 aromatic rings. The molecule has 1 aliphatic carbocycles. The van der Waals surface area contributed by atoms with Gasteiger partial charge in [0.2, 0.25) is 0 Å². The van der Waals surface area contributed by atoms with Crippen LogP contribution in [0.15, 0.2) is 30.5 Å². The van der Waals surface area contributed by atoms with Crippen LogP contribution in [-0.2, 0) is 19.8 Å². The molecular weight excluding hydrogens is 308 g/mol. The number of benzene rings is 1. The highest BCUT2D eigenvalue weighted by atomic mass is 16.7. The fourth-order valence-corrected chi connectivity index (χ4v) is 3.23. The van der Waals surface area contributed by atoms with E-state index in [4.69, 9.17) is 9.47 Å². The molecule has 6 heteroatoms. The minimum atomic E-state index is -0.948. The van der Waals surface area contributed by atoms with Gasteiger partial charge in [-0.15, -0.1) is 0 Å². The Kier molecular flexibility index (Phi) is 4.55. The van der Waals surface area contributed by atoms with Gasteiger partial charge >= 0.3 is 12.1 Å². The van der Waals surface area contributed by atoms with Crippen LogP contribution in [0.4, 0.5) is 4.79 Å². The van der Waals surface area contributed by atoms with Crippen LogP contribution in [0.3, 0.4) is 0 Å². The summed E-state index contributed by atoms with van der Waals surface area (Å²) in [6.45, 7) is 3.42. The van der Waals surface area contributed by atoms with Crippen molar-refractivity contribution in [1.29, 1.82) is 0 Å². The Morgan fingerprint density at radius 3 is 2.54 bits per heavy atom. The largest absolute Gasteiger partial charge is 0.516 e. The van der Waals surface area contributed by atoms with Crippen LogP contribution in [0.1, 0.15) is 46.0 Å². The first kappa shape index (κ1) is 16.5. The lowest BCUT2D eigenvalue weighted by atomic mass is 9.82. The van der Waals surface area contributed by atoms with Crippen molar-refractivity contribution in [3.05, 3.63) is 30.5 Å². The Hall–Kier alpha value is -2.37. The van der Waals surface area contributed by atoms with Gasteiger partial charge in [0.05, 0.1) is 11.6 Å². The van der Waals surface area contributed by atoms with E-state index in [2.05, 4.69) is 5.10 Å². The first-order valence-electron chi connectivity index (χ1n) is 8.39. The van der Waals surface area contributed by atoms with Gasteiger partial charge in [0.1, 0.15) is 0 Å². The highest BCUT2D eigenvalue weighted by Gasteiger charge is 2.45. The maximum Gasteiger partial charge on any atom is 0.516 e. The van der Waals surface area contributed by atoms with Gasteiger partial charge in [0.25, 0.3) is 0 Å². The van der Waals surface area contributed by atoms with Gasteiger partial charge in [-0.05, 0) is 32.8 Å². The fraction of sp³-hybridized carbons (Fsp3) is 0.500. The first-order chi connectivity index (χ1) is 11.5. The maximum atomic E-state index is 12.8. The first-order valence-corrected chi connectivity index (χ1v) is 8.39. The Balaban J connectivity index is 1.92. The van der Waals surface area contributed by atoms with Gasteiger partial charge in [0, 0.05) is 11.6 Å². The van der Waals surface area contributed by atoms with Crippen molar-refractivity contribution in [2.24, 2.45) is 0 Å². The van der Waals surface area contributed by atoms with Crippen LogP contribution in [-0.4, -0.2) is 28.0 Å². The number of ether oxygens (including phenoxy) is 2. The van der Waals surface area contributed by atoms with Crippen LogP contribution in [0, 0.1) is 0 Å². The lowest BCUT2D eigenvalue weighted by Crippen LogP contribution is -2.46. The van der Waals surface area contributed by atoms with Crippen LogP contribution < -0.4 is 0 Å². The number of aromatic nitrogens is 2. The van der Waals surface area contributed by atoms with Gasteiger partial charge in [-0.25, -0.2) is 9.59 Å². The molecule has 0 saturated heterocycles. The van der Waals surface area contributed by atoms with E-state index in [1.54, 1.807) is 18.5 Å². The summed E-state index contributed by atoms with van der Waals surface area (Å²) in [6, 6.07) is 7.69. The summed E-state index contributed by atoms with van der Waals surface area (Å²) in [5.41, 5.74) is -0.118. The summed E-state index contributed by atoms with van der Waals surface area (Å²) in [4.78, 5) is 24.6. The van der Waals surface area contributed by atoms with Crippen molar-refractivity contribution in [3.8, 4) is 0 Å². The Bertz CT molecular complexity index is 711. The Morgan fingerprint density at radius 1 is 1.17 bits per heavy atom. The predicted octanol–water partition coefficient (Wildman–Crippen LogP) is 3.78. The number of hydrogen-bond donors (Lipinski definition) is 0. The number of nitrogens with zero attached hydrogens (tertiary/aromatic N) is 2. The topological polar surface area (TPSA) is 70.4 Å². The van der Waals surface area contributed by atoms with Gasteiger partial charge in [-0.1, -0.05) is 37.5 Å². The zero-order valence-electron chi connectivity index (χ0n) is 14.0. The molecule has 0 aliphatic heterocycles. The molecule has 0 bridgehead atoms. The van der Waals surface area contributed by atoms with E-state index in [0.29, 0.717) is 12.8 Å². The lowest BCUT2D eigenvalue weighted by molar-refractivity contribution is -0.153. The molecule has 0 N–H and O–H groups in total. The van der Waals surface area contributed by atoms with E-state index in [0.717, 1.165) is 30.2 Å². The number of carbonyl (C=O) groups excluding carboxylic acids is 2. The Labute approximate surface area is 140 Å². The molecule has 128 valence electrons. The van der Waals surface area contributed by atoms with Gasteiger partial charge < -0.3 is 9.47 Å². The molecule has 1 aromatic carbocycles. The molecule has 3 rings (SSSR count). The molecule has 0 spiro atoms. The average Bonchev–Trinajstić information content (AvgIpc) is 2.99. The summed E-state index contributed by atoms with van der Waals surface area (Å²) in [6.07, 6.45) is 4.64. The monoisotopic (exact) mass is 330 g/mol. The molecule has 0 atom stereocenters. The van der Waals surface area contributed by atoms with Crippen molar-refractivity contribution in [2.45, 2.75) is 57.6 Å². The molecule has 0 amide bonds. The normalized spacial score (nSPS) is 17.0. The van der Waals surface area contributed by atoms with Crippen molar-refractivity contribution in [2.75, 3.05) is 0 Å². The molecule has 1 aromatic heterocycles. The molecule has 1 heterocycles. The lowest BCUT2D eigenvalue weighted by Gasteiger charge is -2.34. The molecule has 6 nitrogen and oxygen atoms in total. The molecule has 1 aliphatic rings. The second-order valence-corrected chi connectivity index (χ2v) is 6.53. The molecule has 0 radical (unpaired) electrons. The van der Waals surface area contributed by atoms with E-state index in [1.165, 1.54) is 0 Å². The summed E-state index contributed by atoms with van der Waals surface area (Å²) in [5, 5.41) is 5.52. The van der Waals surface area contributed by atoms with Crippen molar-refractivity contribution in [1.82, 2.24) is 9.78 Å². The molecular formula is C18H22N2O4. The number of esters is 1. The molecule has 0 unspecified atom stereocenters. The van der Waals surface area contributed by atoms with Crippen molar-refractivity contribution < 1.29 is 19.1 Å². The van der Waals surface area contributed by atoms with Crippen LogP contribution >= 0.6 is 0 Å². The number of hydrogen-bond acceptors (Lipinski definition) is 5. The average molecular weight is 330 g/mol. The van der Waals surface area contributed by atoms with Crippen LogP contribution in [0.25, 0.3) is 10.9 Å². The van der Waals surface area contributed by atoms with Crippen LogP contribution in [0.2, 0.25) is 0 Å². The Morgan fingerprint density at radius 2 is 1.88 bits per heavy atom. The summed E-state index contributed by atoms with van der Waals surface area (Å²) >= 11 is 0. The smallest absolute Gasteiger partial charge is 0.431 e. The zero-order valence-corrected chi connectivity index (χ0v) is 14.0. The van der Waals surface area contributed by atoms with Gasteiger partial charge in [-0.2, -0.15) is 5.10 Å². The van der Waals surface area contributed by atoms with E-state index in [1.807, 2.05) is 30.5 Å². The predicted molar refractivity (Wildman–Crippen MR) is 88.5 cm³/mol. The van der Waals surface area contributed by atoms with Crippen molar-refractivity contribution in [3.63, 3.8) is 0 Å². The molecule has 1 fully saturated rings. The van der Waals surface area contributed by atoms with Crippen molar-refractivity contribution >= 4 is 23.0 Å². The van der Waals surface area contributed by atoms with Gasteiger partial charge in [0.15, 0.2) is 5.54 Å². The van der Waals surface area contributed by atoms with E-state index in [-0.39, 0.29) is 6.10 Å². The fourth-order valence-electron chi connectivity index (χ4n) is 3.23. The second kappa shape index (κ2) is 6.63. The third-order valence-corrected chi connectivity index (χ3v) is 4.42. The third kappa shape index (κ3) is 3.13. The van der Waals surface area contributed by atoms with Crippen LogP contribution in [0.5, 0.6) is 0 Å². The molecule has 24 heavy (non-hydrogen) atoms. The maximum absolute atomic E-state index is 12.8. The summed E-state index contributed by atoms with van der Waals surface area (Å²) < 4.78 is 11.6. The van der Waals surface area contributed by atoms with E-state index in [9.17, 15) is 9.59 Å². The summed E-state index contributed by atoms with van der Waals surface area (Å²) in [5.74, 6) is -0.583. The zero-order chi connectivity index (χ0) is 17.2. The van der Waals surface area contributed by atoms with E-state index < -0.39 is 17.7 Å². The SMILES string of the molecule is CC(C)OC(=O)OC(=O)C1(n2cc3ccccc3n2)CCCCC1. The highest BCUT2D eigenvalue weighted by molar-refractivity contribution is 5.88. The number of fused-ring (bicyclic) bond motifs is 1. The highest BCUT2D eigenvalue weighted by Crippen LogP contribution is 2.36.